The van der Waals surface area contributed by atoms with E-state index in [1.54, 1.807) is 0 Å². The maximum atomic E-state index is 13.5. The number of nitrogens with two attached hydrogens (primary N) is 1. The smallest absolute Gasteiger partial charge is 0.263 e. The van der Waals surface area contributed by atoms with E-state index in [0.29, 0.717) is 0 Å². The normalized spacial score (nSPS) is 11.3. The number of halogens is 3. The van der Waals surface area contributed by atoms with Crippen molar-refractivity contribution in [2.24, 2.45) is 0 Å². The number of sulfonamides is 1. The number of nitrogen functional groups attached to an aromatic ring is 1. The fourth-order valence-corrected chi connectivity index (χ4v) is 3.12. The predicted octanol–water partition coefficient (Wildman–Crippen LogP) is 3.00. The van der Waals surface area contributed by atoms with Crippen molar-refractivity contribution in [1.29, 1.82) is 0 Å². The molecule has 3 N–H and O–H groups in total. The minimum Gasteiger partial charge on any atom is -0.399 e. The molecule has 0 heterocycles. The van der Waals surface area contributed by atoms with Gasteiger partial charge in [-0.15, -0.1) is 0 Å². The Balaban J connectivity index is 2.49. The van der Waals surface area contributed by atoms with Crippen molar-refractivity contribution in [2.45, 2.75) is 4.90 Å². The van der Waals surface area contributed by atoms with E-state index < -0.39 is 27.3 Å². The Bertz CT molecular complexity index is 746. The highest BCUT2D eigenvalue weighted by atomic mass is 35.5. The molecule has 2 rings (SSSR count). The Morgan fingerprint density at radius 2 is 1.70 bits per heavy atom. The van der Waals surface area contributed by atoms with Gasteiger partial charge in [-0.05, 0) is 30.3 Å². The van der Waals surface area contributed by atoms with Crippen molar-refractivity contribution >= 4 is 33.0 Å². The number of benzene rings is 2. The Labute approximate surface area is 119 Å². The van der Waals surface area contributed by atoms with Crippen molar-refractivity contribution in [3.05, 3.63) is 53.1 Å². The third-order valence-corrected chi connectivity index (χ3v) is 4.28. The van der Waals surface area contributed by atoms with E-state index in [-0.39, 0.29) is 15.6 Å². The highest BCUT2D eigenvalue weighted by molar-refractivity contribution is 7.92. The molecule has 2 aromatic carbocycles. The Morgan fingerprint density at radius 1 is 1.10 bits per heavy atom. The molecular formula is C12H9ClF2N2O2S. The molecule has 0 amide bonds. The zero-order valence-electron chi connectivity index (χ0n) is 9.90. The topological polar surface area (TPSA) is 72.2 Å². The van der Waals surface area contributed by atoms with Crippen LogP contribution in [0.25, 0.3) is 0 Å². The van der Waals surface area contributed by atoms with Gasteiger partial charge in [-0.1, -0.05) is 17.7 Å². The van der Waals surface area contributed by atoms with Crippen LogP contribution in [0, 0.1) is 11.6 Å². The van der Waals surface area contributed by atoms with Gasteiger partial charge in [-0.2, -0.15) is 0 Å². The molecular weight excluding hydrogens is 310 g/mol. The number of rotatable bonds is 3. The van der Waals surface area contributed by atoms with Gasteiger partial charge in [0.05, 0.1) is 5.02 Å². The molecule has 0 radical (unpaired) electrons. The maximum absolute atomic E-state index is 13.5. The molecule has 0 bridgehead atoms. The van der Waals surface area contributed by atoms with E-state index >= 15 is 0 Å². The lowest BCUT2D eigenvalue weighted by atomic mass is 10.3. The molecule has 0 saturated heterocycles. The maximum Gasteiger partial charge on any atom is 0.263 e. The summed E-state index contributed by atoms with van der Waals surface area (Å²) in [4.78, 5) is -0.359. The molecule has 0 aliphatic rings. The molecule has 4 nitrogen and oxygen atoms in total. The van der Waals surface area contributed by atoms with Gasteiger partial charge < -0.3 is 5.73 Å². The van der Waals surface area contributed by atoms with Crippen molar-refractivity contribution < 1.29 is 17.2 Å². The number of nitrogens with one attached hydrogen (secondary N) is 1. The van der Waals surface area contributed by atoms with Crippen LogP contribution in [0.15, 0.2) is 41.3 Å². The van der Waals surface area contributed by atoms with Gasteiger partial charge in [-0.25, -0.2) is 17.2 Å². The van der Waals surface area contributed by atoms with Gasteiger partial charge in [0.2, 0.25) is 0 Å². The minimum absolute atomic E-state index is 0.108. The van der Waals surface area contributed by atoms with Crippen molar-refractivity contribution in [3.8, 4) is 0 Å². The number of hydrogen-bond acceptors (Lipinski definition) is 3. The van der Waals surface area contributed by atoms with Gasteiger partial charge in [-0.3, -0.25) is 4.72 Å². The summed E-state index contributed by atoms with van der Waals surface area (Å²) in [5.74, 6) is -2.07. The first kappa shape index (κ1) is 14.5. The van der Waals surface area contributed by atoms with Gasteiger partial charge in [0.25, 0.3) is 10.0 Å². The lowest BCUT2D eigenvalue weighted by Crippen LogP contribution is -2.16. The standard InChI is InChI=1S/C12H9ClF2N2O2S/c13-8-5-4-7(16)6-11(8)20(18,19)17-12-9(14)2-1-3-10(12)15/h1-6,17H,16H2. The minimum atomic E-state index is -4.25. The molecule has 0 atom stereocenters. The first-order valence-corrected chi connectivity index (χ1v) is 7.19. The quantitative estimate of drug-likeness (QED) is 0.854. The second-order valence-electron chi connectivity index (χ2n) is 3.89. The average Bonchev–Trinajstić information content (AvgIpc) is 2.37. The van der Waals surface area contributed by atoms with E-state index in [0.717, 1.165) is 24.3 Å². The highest BCUT2D eigenvalue weighted by Crippen LogP contribution is 2.27. The molecule has 8 heteroatoms. The fourth-order valence-electron chi connectivity index (χ4n) is 1.51. The Kier molecular flexibility index (Phi) is 3.82. The van der Waals surface area contributed by atoms with E-state index in [2.05, 4.69) is 0 Å². The fraction of sp³-hybridized carbons (Fsp3) is 0. The third kappa shape index (κ3) is 2.83. The van der Waals surface area contributed by atoms with Crippen LogP contribution >= 0.6 is 11.6 Å². The van der Waals surface area contributed by atoms with Crippen molar-refractivity contribution in [3.63, 3.8) is 0 Å². The summed E-state index contributed by atoms with van der Waals surface area (Å²) in [5, 5.41) is -0.108. The van der Waals surface area contributed by atoms with Crippen LogP contribution in [0.3, 0.4) is 0 Å². The van der Waals surface area contributed by atoms with Crippen LogP contribution in [-0.4, -0.2) is 8.42 Å². The zero-order chi connectivity index (χ0) is 14.9. The summed E-state index contributed by atoms with van der Waals surface area (Å²) in [7, 11) is -4.25. The van der Waals surface area contributed by atoms with Crippen LogP contribution in [0.5, 0.6) is 0 Å². The van der Waals surface area contributed by atoms with Crippen molar-refractivity contribution in [1.82, 2.24) is 0 Å². The van der Waals surface area contributed by atoms with Crippen LogP contribution < -0.4 is 10.5 Å². The summed E-state index contributed by atoms with van der Waals surface area (Å²) in [6.45, 7) is 0. The molecule has 0 saturated carbocycles. The summed E-state index contributed by atoms with van der Waals surface area (Å²) in [5.41, 5.74) is 4.86. The highest BCUT2D eigenvalue weighted by Gasteiger charge is 2.21. The SMILES string of the molecule is Nc1ccc(Cl)c(S(=O)(=O)Nc2c(F)cccc2F)c1. The molecule has 0 aromatic heterocycles. The number of para-hydroxylation sites is 1. The molecule has 0 fully saturated rings. The first-order chi connectivity index (χ1) is 9.31. The summed E-state index contributed by atoms with van der Waals surface area (Å²) >= 11 is 5.76. The summed E-state index contributed by atoms with van der Waals surface area (Å²) in [6, 6.07) is 6.78. The van der Waals surface area contributed by atoms with Crippen LogP contribution in [0.1, 0.15) is 0 Å². The lowest BCUT2D eigenvalue weighted by Gasteiger charge is -2.11. The van der Waals surface area contributed by atoms with E-state index in [4.69, 9.17) is 17.3 Å². The molecule has 0 spiro atoms. The predicted molar refractivity (Wildman–Crippen MR) is 73.0 cm³/mol. The van der Waals surface area contributed by atoms with Gasteiger partial charge in [0.15, 0.2) is 0 Å². The van der Waals surface area contributed by atoms with Gasteiger partial charge in [0.1, 0.15) is 22.2 Å². The molecule has 106 valence electrons. The summed E-state index contributed by atoms with van der Waals surface area (Å²) < 4.78 is 52.9. The van der Waals surface area contributed by atoms with Gasteiger partial charge in [0, 0.05) is 5.69 Å². The number of anilines is 2. The molecule has 0 aliphatic heterocycles. The second-order valence-corrected chi connectivity index (χ2v) is 5.95. The molecule has 0 aliphatic carbocycles. The largest absolute Gasteiger partial charge is 0.399 e. The van der Waals surface area contributed by atoms with Crippen LogP contribution in [0.2, 0.25) is 5.02 Å². The lowest BCUT2D eigenvalue weighted by molar-refractivity contribution is 0.583. The summed E-state index contributed by atoms with van der Waals surface area (Å²) in [6.07, 6.45) is 0. The first-order valence-electron chi connectivity index (χ1n) is 5.33. The molecule has 20 heavy (non-hydrogen) atoms. The zero-order valence-corrected chi connectivity index (χ0v) is 11.5. The van der Waals surface area contributed by atoms with E-state index in [9.17, 15) is 17.2 Å². The molecule has 2 aromatic rings. The van der Waals surface area contributed by atoms with E-state index in [1.165, 1.54) is 12.1 Å². The van der Waals surface area contributed by atoms with E-state index in [1.807, 2.05) is 4.72 Å². The molecule has 0 unspecified atom stereocenters. The number of hydrogen-bond donors (Lipinski definition) is 2. The average molecular weight is 319 g/mol. The van der Waals surface area contributed by atoms with Crippen molar-refractivity contribution in [2.75, 3.05) is 10.5 Å². The third-order valence-electron chi connectivity index (χ3n) is 2.44. The van der Waals surface area contributed by atoms with Gasteiger partial charge >= 0.3 is 0 Å². The van der Waals surface area contributed by atoms with Crippen LogP contribution in [0.4, 0.5) is 20.2 Å². The monoisotopic (exact) mass is 318 g/mol. The van der Waals surface area contributed by atoms with Crippen LogP contribution in [-0.2, 0) is 10.0 Å². The second kappa shape index (κ2) is 5.26. The Morgan fingerprint density at radius 3 is 2.30 bits per heavy atom. The Hall–Kier alpha value is -1.86.